The van der Waals surface area contributed by atoms with Crippen molar-refractivity contribution in [2.45, 2.75) is 25.5 Å². The Balaban J connectivity index is 2.35. The van der Waals surface area contributed by atoms with E-state index in [4.69, 9.17) is 4.74 Å². The number of hydrogen-bond acceptors (Lipinski definition) is 2. The van der Waals surface area contributed by atoms with Crippen LogP contribution in [0.15, 0.2) is 12.3 Å². The van der Waals surface area contributed by atoms with Crippen molar-refractivity contribution in [1.82, 2.24) is 10.2 Å². The molecule has 0 aromatic carbocycles. The van der Waals surface area contributed by atoms with E-state index in [0.717, 1.165) is 5.94 Å². The second-order valence-electron chi connectivity index (χ2n) is 4.05. The van der Waals surface area contributed by atoms with Gasteiger partial charge in [-0.3, -0.25) is 5.10 Å². The summed E-state index contributed by atoms with van der Waals surface area (Å²) in [5.74, 6) is 1.47. The number of nitrogens with zero attached hydrogens (tertiary/aromatic N) is 1. The van der Waals surface area contributed by atoms with Gasteiger partial charge in [0.15, 0.2) is 0 Å². The standard InChI is InChI=1S/C9H18N2OS/c1-9(2,3)13(4)7-12-8-5-6-10-11-8/h5-6,13H,7H2,1-4H3,(H,10,11). The molecule has 0 aliphatic carbocycles. The van der Waals surface area contributed by atoms with Gasteiger partial charge in [-0.05, 0) is 11.0 Å². The van der Waals surface area contributed by atoms with Crippen LogP contribution in [0.25, 0.3) is 0 Å². The Hall–Kier alpha value is -0.640. The molecule has 0 bridgehead atoms. The molecule has 0 saturated heterocycles. The van der Waals surface area contributed by atoms with Crippen LogP contribution in [-0.4, -0.2) is 27.1 Å². The lowest BCUT2D eigenvalue weighted by molar-refractivity contribution is 0.373. The first-order valence-corrected chi connectivity index (χ1v) is 6.31. The van der Waals surface area contributed by atoms with Crippen LogP contribution < -0.4 is 4.74 Å². The van der Waals surface area contributed by atoms with Crippen molar-refractivity contribution in [3.63, 3.8) is 0 Å². The molecule has 0 aliphatic heterocycles. The Morgan fingerprint density at radius 1 is 1.54 bits per heavy atom. The van der Waals surface area contributed by atoms with E-state index in [1.54, 1.807) is 6.20 Å². The third kappa shape index (κ3) is 3.30. The summed E-state index contributed by atoms with van der Waals surface area (Å²) in [4.78, 5) is 0. The minimum atomic E-state index is -0.102. The molecule has 0 fully saturated rings. The predicted molar refractivity (Wildman–Crippen MR) is 58.7 cm³/mol. The van der Waals surface area contributed by atoms with E-state index in [-0.39, 0.29) is 10.9 Å². The molecule has 1 rings (SSSR count). The van der Waals surface area contributed by atoms with Gasteiger partial charge in [-0.2, -0.15) is 0 Å². The number of H-pyrrole nitrogens is 1. The fraction of sp³-hybridized carbons (Fsp3) is 0.667. The average Bonchev–Trinajstić information content (AvgIpc) is 2.50. The lowest BCUT2D eigenvalue weighted by Crippen LogP contribution is -2.18. The van der Waals surface area contributed by atoms with Gasteiger partial charge in [-0.1, -0.05) is 20.8 Å². The van der Waals surface area contributed by atoms with Crippen molar-refractivity contribution in [2.75, 3.05) is 12.2 Å². The van der Waals surface area contributed by atoms with Gasteiger partial charge in [-0.25, -0.2) is 10.9 Å². The first-order chi connectivity index (χ1) is 6.00. The summed E-state index contributed by atoms with van der Waals surface area (Å²) in [6.07, 6.45) is 4.02. The Morgan fingerprint density at radius 3 is 2.69 bits per heavy atom. The number of aromatic amines is 1. The van der Waals surface area contributed by atoms with Gasteiger partial charge >= 0.3 is 0 Å². The van der Waals surface area contributed by atoms with E-state index in [0.29, 0.717) is 10.6 Å². The summed E-state index contributed by atoms with van der Waals surface area (Å²) in [6.45, 7) is 6.73. The minimum Gasteiger partial charge on any atom is -0.467 e. The maximum Gasteiger partial charge on any atom is 0.233 e. The summed E-state index contributed by atoms with van der Waals surface area (Å²) in [7, 11) is -0.102. The smallest absolute Gasteiger partial charge is 0.233 e. The molecular formula is C9H18N2OS. The number of nitrogens with one attached hydrogen (secondary N) is 1. The van der Waals surface area contributed by atoms with Crippen LogP contribution in [-0.2, 0) is 0 Å². The molecule has 1 heterocycles. The number of ether oxygens (including phenoxy) is 1. The van der Waals surface area contributed by atoms with Gasteiger partial charge in [0.05, 0.1) is 0 Å². The second kappa shape index (κ2) is 4.05. The highest BCUT2D eigenvalue weighted by Crippen LogP contribution is 2.36. The summed E-state index contributed by atoms with van der Waals surface area (Å²) in [5.41, 5.74) is 0. The number of aromatic nitrogens is 2. The molecule has 0 aliphatic rings. The van der Waals surface area contributed by atoms with E-state index in [1.165, 1.54) is 0 Å². The van der Waals surface area contributed by atoms with E-state index < -0.39 is 0 Å². The summed E-state index contributed by atoms with van der Waals surface area (Å²) < 4.78 is 5.87. The first kappa shape index (κ1) is 10.4. The number of rotatable bonds is 3. The number of thiol groups is 1. The summed E-state index contributed by atoms with van der Waals surface area (Å²) in [5, 5.41) is 6.66. The minimum absolute atomic E-state index is 0.102. The largest absolute Gasteiger partial charge is 0.467 e. The van der Waals surface area contributed by atoms with Gasteiger partial charge in [-0.15, -0.1) is 5.10 Å². The average molecular weight is 202 g/mol. The molecule has 3 nitrogen and oxygen atoms in total. The normalized spacial score (nSPS) is 15.5. The lowest BCUT2D eigenvalue weighted by Gasteiger charge is -2.30. The van der Waals surface area contributed by atoms with Gasteiger partial charge < -0.3 is 4.74 Å². The maximum absolute atomic E-state index is 5.52. The van der Waals surface area contributed by atoms with Crippen molar-refractivity contribution >= 4 is 10.9 Å². The molecule has 1 N–H and O–H groups in total. The maximum atomic E-state index is 5.52. The van der Waals surface area contributed by atoms with Crippen LogP contribution in [0.2, 0.25) is 0 Å². The van der Waals surface area contributed by atoms with Crippen molar-refractivity contribution in [3.05, 3.63) is 12.3 Å². The molecule has 4 heteroatoms. The van der Waals surface area contributed by atoms with Crippen molar-refractivity contribution < 1.29 is 4.74 Å². The van der Waals surface area contributed by atoms with Crippen LogP contribution in [0.1, 0.15) is 20.8 Å². The van der Waals surface area contributed by atoms with E-state index in [9.17, 15) is 0 Å². The molecule has 0 radical (unpaired) electrons. The molecule has 1 aromatic rings. The number of hydrogen-bond donors (Lipinski definition) is 2. The Labute approximate surface area is 82.2 Å². The van der Waals surface area contributed by atoms with Crippen LogP contribution in [0.4, 0.5) is 0 Å². The van der Waals surface area contributed by atoms with Gasteiger partial charge in [0.25, 0.3) is 0 Å². The van der Waals surface area contributed by atoms with Crippen LogP contribution >= 0.6 is 10.9 Å². The third-order valence-corrected chi connectivity index (χ3v) is 4.83. The summed E-state index contributed by atoms with van der Waals surface area (Å²) in [6, 6.07) is 1.84. The van der Waals surface area contributed by atoms with E-state index in [2.05, 4.69) is 37.2 Å². The fourth-order valence-corrected chi connectivity index (χ4v) is 1.40. The second-order valence-corrected chi connectivity index (χ2v) is 7.05. The zero-order chi connectivity index (χ0) is 9.90. The van der Waals surface area contributed by atoms with E-state index in [1.807, 2.05) is 6.07 Å². The van der Waals surface area contributed by atoms with Crippen LogP contribution in [0.5, 0.6) is 5.88 Å². The molecule has 76 valence electrons. The fourth-order valence-electron chi connectivity index (χ4n) is 0.684. The molecule has 1 atom stereocenters. The topological polar surface area (TPSA) is 37.9 Å². The quantitative estimate of drug-likeness (QED) is 0.737. The van der Waals surface area contributed by atoms with Gasteiger partial charge in [0.1, 0.15) is 5.94 Å². The molecule has 0 amide bonds. The highest BCUT2D eigenvalue weighted by molar-refractivity contribution is 8.17. The van der Waals surface area contributed by atoms with Crippen molar-refractivity contribution in [3.8, 4) is 5.88 Å². The van der Waals surface area contributed by atoms with Crippen molar-refractivity contribution in [1.29, 1.82) is 0 Å². The Morgan fingerprint density at radius 2 is 2.23 bits per heavy atom. The zero-order valence-corrected chi connectivity index (χ0v) is 9.56. The predicted octanol–water partition coefficient (Wildman–Crippen LogP) is 2.18. The monoisotopic (exact) mass is 202 g/mol. The Bertz CT molecular complexity index is 241. The molecule has 1 unspecified atom stereocenters. The summed E-state index contributed by atoms with van der Waals surface area (Å²) >= 11 is 0. The highest BCUT2D eigenvalue weighted by atomic mass is 32.2. The third-order valence-electron chi connectivity index (χ3n) is 2.03. The molecule has 0 spiro atoms. The van der Waals surface area contributed by atoms with Crippen LogP contribution in [0, 0.1) is 0 Å². The molecule has 1 aromatic heterocycles. The SMILES string of the molecule is C[SH](COc1cc[nH]n1)C(C)(C)C. The van der Waals surface area contributed by atoms with Crippen LogP contribution in [0.3, 0.4) is 0 Å². The van der Waals surface area contributed by atoms with Gasteiger partial charge in [0, 0.05) is 12.3 Å². The van der Waals surface area contributed by atoms with Gasteiger partial charge in [0.2, 0.25) is 5.88 Å². The first-order valence-electron chi connectivity index (χ1n) is 4.34. The molecular weight excluding hydrogens is 184 g/mol. The van der Waals surface area contributed by atoms with Crippen molar-refractivity contribution in [2.24, 2.45) is 0 Å². The highest BCUT2D eigenvalue weighted by Gasteiger charge is 2.16. The van der Waals surface area contributed by atoms with E-state index >= 15 is 0 Å². The lowest BCUT2D eigenvalue weighted by atomic mass is 10.3. The Kier molecular flexibility index (Phi) is 3.25. The molecule has 0 saturated carbocycles. The molecule has 13 heavy (non-hydrogen) atoms. The zero-order valence-electron chi connectivity index (χ0n) is 8.66.